The largest absolute Gasteiger partial charge is 0.464 e. The number of nitrogens with one attached hydrogen (secondary N) is 1. The number of esters is 1. The molecule has 5 heteroatoms. The van der Waals surface area contributed by atoms with Gasteiger partial charge in [0.25, 0.3) is 0 Å². The first-order valence-corrected chi connectivity index (χ1v) is 5.39. The Morgan fingerprint density at radius 3 is 3.21 bits per heavy atom. The van der Waals surface area contributed by atoms with E-state index in [4.69, 9.17) is 4.74 Å². The summed E-state index contributed by atoms with van der Waals surface area (Å²) < 4.78 is 4.92. The number of carbonyl (C=O) groups is 1. The van der Waals surface area contributed by atoms with Crippen molar-refractivity contribution in [2.45, 2.75) is 25.4 Å². The maximum absolute atomic E-state index is 11.4. The molecule has 1 saturated heterocycles. The van der Waals surface area contributed by atoms with Crippen molar-refractivity contribution in [3.05, 3.63) is 16.6 Å². The van der Waals surface area contributed by atoms with Gasteiger partial charge in [0.05, 0.1) is 6.61 Å². The van der Waals surface area contributed by atoms with Crippen LogP contribution in [0.15, 0.2) is 11.6 Å². The standard InChI is InChI=1S/C9H12N2O2S/c1-9(2-4-13-8(9)12)11-6-7-10-3-5-14-7/h3,5,11H,2,4,6H2,1H3. The van der Waals surface area contributed by atoms with Crippen LogP contribution in [-0.2, 0) is 16.1 Å². The fourth-order valence-corrected chi connectivity index (χ4v) is 1.94. The van der Waals surface area contributed by atoms with Crippen LogP contribution in [0, 0.1) is 0 Å². The lowest BCUT2D eigenvalue weighted by molar-refractivity contribution is -0.142. The van der Waals surface area contributed by atoms with Gasteiger partial charge in [-0.15, -0.1) is 11.3 Å². The van der Waals surface area contributed by atoms with Crippen molar-refractivity contribution in [1.29, 1.82) is 0 Å². The number of nitrogens with zero attached hydrogens (tertiary/aromatic N) is 1. The molecule has 0 radical (unpaired) electrons. The quantitative estimate of drug-likeness (QED) is 0.757. The number of thiazole rings is 1. The SMILES string of the molecule is CC1(NCc2nccs2)CCOC1=O. The highest BCUT2D eigenvalue weighted by Crippen LogP contribution is 2.20. The molecule has 0 spiro atoms. The van der Waals surface area contributed by atoms with E-state index in [9.17, 15) is 4.79 Å². The van der Waals surface area contributed by atoms with Crippen LogP contribution in [0.1, 0.15) is 18.4 Å². The van der Waals surface area contributed by atoms with E-state index < -0.39 is 5.54 Å². The Kier molecular flexibility index (Phi) is 2.52. The first-order chi connectivity index (χ1) is 6.71. The third-order valence-electron chi connectivity index (χ3n) is 2.40. The molecule has 1 unspecified atom stereocenters. The maximum Gasteiger partial charge on any atom is 0.326 e. The number of hydrogen-bond donors (Lipinski definition) is 1. The van der Waals surface area contributed by atoms with E-state index >= 15 is 0 Å². The van der Waals surface area contributed by atoms with E-state index in [0.29, 0.717) is 13.2 Å². The Hall–Kier alpha value is -0.940. The second kappa shape index (κ2) is 3.67. The molecule has 0 saturated carbocycles. The molecule has 0 aliphatic carbocycles. The summed E-state index contributed by atoms with van der Waals surface area (Å²) in [5.41, 5.74) is -0.522. The Labute approximate surface area is 86.3 Å². The van der Waals surface area contributed by atoms with Crippen LogP contribution in [0.25, 0.3) is 0 Å². The molecule has 1 aromatic rings. The van der Waals surface area contributed by atoms with Gasteiger partial charge in [-0.3, -0.25) is 10.1 Å². The molecule has 4 nitrogen and oxygen atoms in total. The number of rotatable bonds is 3. The van der Waals surface area contributed by atoms with Crippen molar-refractivity contribution < 1.29 is 9.53 Å². The van der Waals surface area contributed by atoms with Gasteiger partial charge in [-0.25, -0.2) is 4.98 Å². The van der Waals surface area contributed by atoms with Crippen molar-refractivity contribution in [3.8, 4) is 0 Å². The molecule has 0 amide bonds. The molecular weight excluding hydrogens is 200 g/mol. The molecule has 76 valence electrons. The minimum absolute atomic E-state index is 0.158. The monoisotopic (exact) mass is 212 g/mol. The molecular formula is C9H12N2O2S. The van der Waals surface area contributed by atoms with Gasteiger partial charge in [-0.05, 0) is 6.92 Å². The first kappa shape index (κ1) is 9.61. The van der Waals surface area contributed by atoms with E-state index in [1.165, 1.54) is 0 Å². The molecule has 14 heavy (non-hydrogen) atoms. The molecule has 2 rings (SSSR count). The lowest BCUT2D eigenvalue weighted by atomic mass is 10.0. The number of hydrogen-bond acceptors (Lipinski definition) is 5. The average molecular weight is 212 g/mol. The lowest BCUT2D eigenvalue weighted by Crippen LogP contribution is -2.45. The summed E-state index contributed by atoms with van der Waals surface area (Å²) in [5, 5.41) is 6.10. The highest BCUT2D eigenvalue weighted by atomic mass is 32.1. The first-order valence-electron chi connectivity index (χ1n) is 4.51. The van der Waals surface area contributed by atoms with Crippen molar-refractivity contribution >= 4 is 17.3 Å². The molecule has 1 aliphatic rings. The van der Waals surface area contributed by atoms with E-state index in [1.807, 2.05) is 12.3 Å². The van der Waals surface area contributed by atoms with Crippen LogP contribution in [0.5, 0.6) is 0 Å². The molecule has 1 atom stereocenters. The Morgan fingerprint density at radius 2 is 2.64 bits per heavy atom. The summed E-state index contributed by atoms with van der Waals surface area (Å²) >= 11 is 1.58. The second-order valence-electron chi connectivity index (χ2n) is 3.50. The molecule has 0 bridgehead atoms. The van der Waals surface area contributed by atoms with Crippen LogP contribution < -0.4 is 5.32 Å². The minimum Gasteiger partial charge on any atom is -0.464 e. The summed E-state index contributed by atoms with van der Waals surface area (Å²) in [6.07, 6.45) is 2.49. The van der Waals surface area contributed by atoms with E-state index in [0.717, 1.165) is 11.4 Å². The van der Waals surface area contributed by atoms with Gasteiger partial charge in [0.2, 0.25) is 0 Å². The number of ether oxygens (including phenoxy) is 1. The third kappa shape index (κ3) is 1.78. The summed E-state index contributed by atoms with van der Waals surface area (Å²) in [7, 11) is 0. The van der Waals surface area contributed by atoms with Crippen molar-refractivity contribution in [2.24, 2.45) is 0 Å². The predicted octanol–water partition coefficient (Wildman–Crippen LogP) is 0.938. The topological polar surface area (TPSA) is 51.2 Å². The fraction of sp³-hybridized carbons (Fsp3) is 0.556. The zero-order valence-electron chi connectivity index (χ0n) is 7.95. The Morgan fingerprint density at radius 1 is 1.79 bits per heavy atom. The van der Waals surface area contributed by atoms with Crippen molar-refractivity contribution in [2.75, 3.05) is 6.61 Å². The van der Waals surface area contributed by atoms with Crippen molar-refractivity contribution in [1.82, 2.24) is 10.3 Å². The van der Waals surface area contributed by atoms with Gasteiger partial charge in [0.15, 0.2) is 0 Å². The average Bonchev–Trinajstić information content (AvgIpc) is 2.75. The third-order valence-corrected chi connectivity index (χ3v) is 3.18. The second-order valence-corrected chi connectivity index (χ2v) is 4.48. The molecule has 1 N–H and O–H groups in total. The summed E-state index contributed by atoms with van der Waals surface area (Å²) in [4.78, 5) is 15.5. The van der Waals surface area contributed by atoms with Crippen LogP contribution in [-0.4, -0.2) is 23.1 Å². The van der Waals surface area contributed by atoms with E-state index in [1.54, 1.807) is 17.5 Å². The smallest absolute Gasteiger partial charge is 0.326 e. The summed E-state index contributed by atoms with van der Waals surface area (Å²) in [6, 6.07) is 0. The van der Waals surface area contributed by atoms with Gasteiger partial charge in [-0.1, -0.05) is 0 Å². The molecule has 0 aromatic carbocycles. The number of aromatic nitrogens is 1. The highest BCUT2D eigenvalue weighted by molar-refractivity contribution is 7.09. The van der Waals surface area contributed by atoms with Gasteiger partial charge < -0.3 is 4.74 Å². The van der Waals surface area contributed by atoms with Gasteiger partial charge in [-0.2, -0.15) is 0 Å². The normalized spacial score (nSPS) is 26.5. The van der Waals surface area contributed by atoms with E-state index in [-0.39, 0.29) is 5.97 Å². The van der Waals surface area contributed by atoms with Crippen molar-refractivity contribution in [3.63, 3.8) is 0 Å². The molecule has 1 fully saturated rings. The van der Waals surface area contributed by atoms with Crippen LogP contribution in [0.4, 0.5) is 0 Å². The minimum atomic E-state index is -0.522. The van der Waals surface area contributed by atoms with Crippen LogP contribution in [0.2, 0.25) is 0 Å². The van der Waals surface area contributed by atoms with Gasteiger partial charge in [0, 0.05) is 24.5 Å². The Balaban J connectivity index is 1.94. The van der Waals surface area contributed by atoms with Crippen LogP contribution in [0.3, 0.4) is 0 Å². The summed E-state index contributed by atoms with van der Waals surface area (Å²) in [6.45, 7) is 3.01. The molecule has 1 aromatic heterocycles. The fourth-order valence-electron chi connectivity index (χ4n) is 1.38. The number of cyclic esters (lactones) is 1. The number of carbonyl (C=O) groups excluding carboxylic acids is 1. The highest BCUT2D eigenvalue weighted by Gasteiger charge is 2.39. The zero-order valence-corrected chi connectivity index (χ0v) is 8.76. The van der Waals surface area contributed by atoms with Gasteiger partial charge in [0.1, 0.15) is 10.5 Å². The molecule has 1 aliphatic heterocycles. The van der Waals surface area contributed by atoms with E-state index in [2.05, 4.69) is 10.3 Å². The predicted molar refractivity (Wildman–Crippen MR) is 52.9 cm³/mol. The lowest BCUT2D eigenvalue weighted by Gasteiger charge is -2.19. The van der Waals surface area contributed by atoms with Gasteiger partial charge >= 0.3 is 5.97 Å². The maximum atomic E-state index is 11.4. The van der Waals surface area contributed by atoms with Crippen LogP contribution >= 0.6 is 11.3 Å². The zero-order chi connectivity index (χ0) is 10.0. The molecule has 2 heterocycles. The summed E-state index contributed by atoms with van der Waals surface area (Å²) in [5.74, 6) is -0.158. The Bertz CT molecular complexity index is 326.